The first kappa shape index (κ1) is 29.6. The number of aryl methyl sites for hydroxylation is 2. The number of nitrogens with two attached hydrogens (primary N) is 1. The van der Waals surface area contributed by atoms with Gasteiger partial charge in [-0.2, -0.15) is 8.42 Å². The Bertz CT molecular complexity index is 1690. The molecule has 0 saturated carbocycles. The Kier molecular flexibility index (Phi) is 8.94. The predicted molar refractivity (Wildman–Crippen MR) is 160 cm³/mol. The molecule has 0 amide bonds. The van der Waals surface area contributed by atoms with Gasteiger partial charge in [-0.3, -0.25) is 0 Å². The van der Waals surface area contributed by atoms with Crippen molar-refractivity contribution in [1.82, 2.24) is 14.5 Å². The first-order valence-electron chi connectivity index (χ1n) is 13.0. The minimum Gasteiger partial charge on any atom is -0.437 e. The van der Waals surface area contributed by atoms with Crippen LogP contribution in [-0.4, -0.2) is 56.2 Å². The molecule has 0 fully saturated rings. The van der Waals surface area contributed by atoms with E-state index in [2.05, 4.69) is 25.9 Å². The highest BCUT2D eigenvalue weighted by Gasteiger charge is 2.16. The monoisotopic (exact) mass is 578 g/mol. The Hall–Kier alpha value is -4.42. The maximum Gasteiger partial charge on any atom is 0.513 e. The summed E-state index contributed by atoms with van der Waals surface area (Å²) in [5.74, 6) is 1.46. The van der Waals surface area contributed by atoms with Crippen molar-refractivity contribution in [2.45, 2.75) is 33.2 Å². The van der Waals surface area contributed by atoms with Crippen molar-refractivity contribution in [3.8, 4) is 16.9 Å². The smallest absolute Gasteiger partial charge is 0.437 e. The normalized spacial score (nSPS) is 11.9. The number of methoxy groups -OCH3 is 1. The zero-order valence-corrected chi connectivity index (χ0v) is 24.5. The highest BCUT2D eigenvalue weighted by atomic mass is 32.2. The number of benzene rings is 3. The van der Waals surface area contributed by atoms with E-state index in [0.29, 0.717) is 18.0 Å². The maximum atomic E-state index is 11.7. The predicted octanol–water partition coefficient (Wildman–Crippen LogP) is 4.69. The Morgan fingerprint density at radius 3 is 2.46 bits per heavy atom. The van der Waals surface area contributed by atoms with E-state index in [9.17, 15) is 13.2 Å². The highest BCUT2D eigenvalue weighted by molar-refractivity contribution is 7.88. The van der Waals surface area contributed by atoms with Gasteiger partial charge in [-0.15, -0.1) is 4.40 Å². The van der Waals surface area contributed by atoms with Gasteiger partial charge in [-0.05, 0) is 48.2 Å². The van der Waals surface area contributed by atoms with Crippen LogP contribution in [0.1, 0.15) is 30.3 Å². The lowest BCUT2D eigenvalue weighted by Crippen LogP contribution is -2.31. The lowest BCUT2D eigenvalue weighted by molar-refractivity contribution is 0.121. The third-order valence-corrected chi connectivity index (χ3v) is 6.77. The summed E-state index contributed by atoms with van der Waals surface area (Å²) in [6, 6.07) is 19.2. The van der Waals surface area contributed by atoms with E-state index in [1.54, 1.807) is 31.1 Å². The van der Waals surface area contributed by atoms with E-state index in [4.69, 9.17) is 14.9 Å². The van der Waals surface area contributed by atoms with Gasteiger partial charge in [0, 0.05) is 38.3 Å². The van der Waals surface area contributed by atoms with E-state index in [1.807, 2.05) is 55.5 Å². The fraction of sp³-hybridized carbons (Fsp3) is 0.276. The number of hydrogen-bond acceptors (Lipinski definition) is 6. The maximum absolute atomic E-state index is 11.7. The third kappa shape index (κ3) is 7.21. The molecule has 1 heterocycles. The van der Waals surface area contributed by atoms with Crippen LogP contribution in [-0.2, 0) is 27.9 Å². The second-order valence-corrected chi connectivity index (χ2v) is 10.9. The molecule has 0 unspecified atom stereocenters. The summed E-state index contributed by atoms with van der Waals surface area (Å²) in [7, 11) is 0.531. The molecule has 3 N–H and O–H groups in total. The summed E-state index contributed by atoms with van der Waals surface area (Å²) in [4.78, 5) is 18.2. The minimum absolute atomic E-state index is 0.0955. The van der Waals surface area contributed by atoms with Crippen LogP contribution in [0.15, 0.2) is 65.1 Å². The van der Waals surface area contributed by atoms with Crippen LogP contribution in [0.2, 0.25) is 0 Å². The summed E-state index contributed by atoms with van der Waals surface area (Å²) in [6.07, 6.45) is 0.945. The molecule has 3 aromatic carbocycles. The molecule has 11 nitrogen and oxygen atoms in total. The Morgan fingerprint density at radius 1 is 1.12 bits per heavy atom. The van der Waals surface area contributed by atoms with Gasteiger partial charge in [0.15, 0.2) is 0 Å². The highest BCUT2D eigenvalue weighted by Crippen LogP contribution is 2.31. The molecule has 0 radical (unpaired) electrons. The summed E-state index contributed by atoms with van der Waals surface area (Å²) < 4.78 is 39.0. The molecular weight excluding hydrogens is 544 g/mol. The molecule has 4 rings (SSSR count). The first-order valence-corrected chi connectivity index (χ1v) is 14.5. The van der Waals surface area contributed by atoms with Crippen LogP contribution in [0.4, 0.5) is 10.5 Å². The number of hydrogen-bond donors (Lipinski definition) is 2. The zero-order valence-electron chi connectivity index (χ0n) is 23.7. The quantitative estimate of drug-likeness (QED) is 0.133. The number of nitrogens with one attached hydrogen (secondary N) is 1. The van der Waals surface area contributed by atoms with Gasteiger partial charge in [0.25, 0.3) is 0 Å². The molecule has 1 aromatic heterocycles. The number of guanidine groups is 1. The molecule has 4 aromatic rings. The molecule has 0 aliphatic heterocycles. The SMILES string of the molecule is CCCc1nc2c(C)cc(NC(=NS(N)(=O)=O)N(C)C)cc2n1Cc1ccc(-c2ccccc2OC(=O)OC)cc1. The lowest BCUT2D eigenvalue weighted by atomic mass is 10.0. The number of imidazole rings is 1. The average molecular weight is 579 g/mol. The molecule has 0 atom stereocenters. The molecular formula is C29H34N6O5S. The van der Waals surface area contributed by atoms with Crippen molar-refractivity contribution in [2.24, 2.45) is 9.54 Å². The Balaban J connectivity index is 1.70. The van der Waals surface area contributed by atoms with E-state index in [0.717, 1.165) is 52.0 Å². The number of rotatable bonds is 8. The van der Waals surface area contributed by atoms with Gasteiger partial charge >= 0.3 is 16.4 Å². The topological polar surface area (TPSA) is 141 Å². The zero-order chi connectivity index (χ0) is 29.7. The average Bonchev–Trinajstić information content (AvgIpc) is 3.25. The van der Waals surface area contributed by atoms with Crippen molar-refractivity contribution < 1.29 is 22.7 Å². The van der Waals surface area contributed by atoms with Crippen LogP contribution < -0.4 is 15.2 Å². The van der Waals surface area contributed by atoms with Crippen molar-refractivity contribution in [3.05, 3.63) is 77.6 Å². The number of carbonyl (C=O) groups is 1. The standard InChI is InChI=1S/C29H34N6O5S/c1-6-9-26-32-27-19(2)16-22(31-28(34(3)4)33-41(30,37)38)17-24(27)35(26)18-20-12-14-21(15-13-20)23-10-7-8-11-25(23)40-29(36)39-5/h7-8,10-17H,6,9,18H2,1-5H3,(H,31,33)(H2,30,37,38). The van der Waals surface area contributed by atoms with Crippen LogP contribution in [0.3, 0.4) is 0 Å². The third-order valence-electron chi connectivity index (χ3n) is 6.34. The number of aromatic nitrogens is 2. The molecule has 0 aliphatic rings. The number of fused-ring (bicyclic) bond motifs is 1. The van der Waals surface area contributed by atoms with Gasteiger partial charge in [-0.1, -0.05) is 49.4 Å². The van der Waals surface area contributed by atoms with Crippen molar-refractivity contribution in [3.63, 3.8) is 0 Å². The molecule has 12 heteroatoms. The first-order chi connectivity index (χ1) is 19.5. The number of anilines is 1. The summed E-state index contributed by atoms with van der Waals surface area (Å²) in [5, 5.41) is 8.23. The van der Waals surface area contributed by atoms with Crippen molar-refractivity contribution >= 4 is 39.0 Å². The molecule has 41 heavy (non-hydrogen) atoms. The minimum atomic E-state index is -4.09. The Morgan fingerprint density at radius 2 is 1.83 bits per heavy atom. The molecule has 0 saturated heterocycles. The summed E-state index contributed by atoms with van der Waals surface area (Å²) >= 11 is 0. The fourth-order valence-electron chi connectivity index (χ4n) is 4.47. The van der Waals surface area contributed by atoms with E-state index < -0.39 is 16.4 Å². The second-order valence-electron chi connectivity index (χ2n) is 9.72. The number of ether oxygens (including phenoxy) is 2. The largest absolute Gasteiger partial charge is 0.513 e. The van der Waals surface area contributed by atoms with Crippen LogP contribution >= 0.6 is 0 Å². The van der Waals surface area contributed by atoms with E-state index in [-0.39, 0.29) is 5.96 Å². The van der Waals surface area contributed by atoms with Crippen LogP contribution in [0.25, 0.3) is 22.2 Å². The Labute approximate surface area is 239 Å². The van der Waals surface area contributed by atoms with Gasteiger partial charge < -0.3 is 24.3 Å². The van der Waals surface area contributed by atoms with Crippen LogP contribution in [0, 0.1) is 6.92 Å². The molecule has 0 spiro atoms. The number of para-hydroxylation sites is 1. The second kappa shape index (κ2) is 12.4. The summed E-state index contributed by atoms with van der Waals surface area (Å²) in [5.41, 5.74) is 6.10. The fourth-order valence-corrected chi connectivity index (χ4v) is 4.92. The van der Waals surface area contributed by atoms with Gasteiger partial charge in [-0.25, -0.2) is 14.9 Å². The van der Waals surface area contributed by atoms with Gasteiger partial charge in [0.05, 0.1) is 18.1 Å². The van der Waals surface area contributed by atoms with Crippen LogP contribution in [0.5, 0.6) is 5.75 Å². The van der Waals surface area contributed by atoms with Gasteiger partial charge in [0.2, 0.25) is 5.96 Å². The molecule has 0 aliphatic carbocycles. The van der Waals surface area contributed by atoms with Crippen molar-refractivity contribution in [2.75, 3.05) is 26.5 Å². The molecule has 216 valence electrons. The lowest BCUT2D eigenvalue weighted by Gasteiger charge is -2.17. The summed E-state index contributed by atoms with van der Waals surface area (Å²) in [6.45, 7) is 4.65. The molecule has 0 bridgehead atoms. The van der Waals surface area contributed by atoms with E-state index in [1.165, 1.54) is 7.11 Å². The van der Waals surface area contributed by atoms with E-state index >= 15 is 0 Å². The van der Waals surface area contributed by atoms with Gasteiger partial charge in [0.1, 0.15) is 11.6 Å². The number of nitrogens with zero attached hydrogens (tertiary/aromatic N) is 4. The number of carbonyl (C=O) groups excluding carboxylic acids is 1. The van der Waals surface area contributed by atoms with Crippen molar-refractivity contribution in [1.29, 1.82) is 0 Å².